The Hall–Kier alpha value is -3.53. The lowest BCUT2D eigenvalue weighted by molar-refractivity contribution is 0.0929. The standard InChI is InChI=1S/C23H18N2O2/c1-27-17-11-12-20-19(14-17)23(26)24-22-18-10-6-5-9-16(18)13-21(25(20)22)15-7-3-2-4-8-15/h2-14,22H,1H3,(H,24,26)/t22-/m0/s1. The van der Waals surface area contributed by atoms with Crippen LogP contribution in [0.5, 0.6) is 5.75 Å². The van der Waals surface area contributed by atoms with Gasteiger partial charge in [-0.25, -0.2) is 0 Å². The summed E-state index contributed by atoms with van der Waals surface area (Å²) in [4.78, 5) is 15.1. The van der Waals surface area contributed by atoms with Crippen molar-refractivity contribution < 1.29 is 9.53 Å². The number of nitrogens with one attached hydrogen (secondary N) is 1. The zero-order chi connectivity index (χ0) is 18.4. The molecule has 0 aromatic heterocycles. The SMILES string of the molecule is COc1ccc2c(c1)C(=O)N[C@@H]1c3ccccc3C=C(c3ccccc3)N21. The zero-order valence-corrected chi connectivity index (χ0v) is 14.8. The zero-order valence-electron chi connectivity index (χ0n) is 14.8. The largest absolute Gasteiger partial charge is 0.497 e. The Morgan fingerprint density at radius 3 is 2.56 bits per heavy atom. The monoisotopic (exact) mass is 354 g/mol. The first-order valence-electron chi connectivity index (χ1n) is 8.90. The van der Waals surface area contributed by atoms with Crippen molar-refractivity contribution in [2.75, 3.05) is 12.0 Å². The van der Waals surface area contributed by atoms with Gasteiger partial charge in [-0.05, 0) is 35.4 Å². The van der Waals surface area contributed by atoms with Gasteiger partial charge in [0.2, 0.25) is 0 Å². The maximum atomic E-state index is 12.8. The molecule has 1 N–H and O–H groups in total. The van der Waals surface area contributed by atoms with Crippen molar-refractivity contribution in [3.05, 3.63) is 95.1 Å². The van der Waals surface area contributed by atoms with Gasteiger partial charge in [0.15, 0.2) is 0 Å². The van der Waals surface area contributed by atoms with Crippen molar-refractivity contribution in [1.82, 2.24) is 5.32 Å². The van der Waals surface area contributed by atoms with E-state index in [4.69, 9.17) is 4.74 Å². The Morgan fingerprint density at radius 2 is 1.74 bits per heavy atom. The normalized spacial score (nSPS) is 17.2. The van der Waals surface area contributed by atoms with E-state index < -0.39 is 0 Å². The van der Waals surface area contributed by atoms with Crippen LogP contribution in [-0.4, -0.2) is 13.0 Å². The molecule has 0 saturated heterocycles. The van der Waals surface area contributed by atoms with Gasteiger partial charge in [0.1, 0.15) is 11.9 Å². The molecule has 4 heteroatoms. The van der Waals surface area contributed by atoms with E-state index in [0.29, 0.717) is 11.3 Å². The Labute approximate surface area is 157 Å². The van der Waals surface area contributed by atoms with Gasteiger partial charge in [-0.1, -0.05) is 54.6 Å². The summed E-state index contributed by atoms with van der Waals surface area (Å²) >= 11 is 0. The van der Waals surface area contributed by atoms with Crippen molar-refractivity contribution in [1.29, 1.82) is 0 Å². The van der Waals surface area contributed by atoms with Gasteiger partial charge in [-0.2, -0.15) is 0 Å². The topological polar surface area (TPSA) is 41.6 Å². The molecule has 0 fully saturated rings. The van der Waals surface area contributed by atoms with Crippen molar-refractivity contribution in [2.45, 2.75) is 6.17 Å². The third-order valence-corrected chi connectivity index (χ3v) is 5.15. The van der Waals surface area contributed by atoms with Crippen molar-refractivity contribution in [3.8, 4) is 5.75 Å². The van der Waals surface area contributed by atoms with Crippen LogP contribution < -0.4 is 15.0 Å². The summed E-state index contributed by atoms with van der Waals surface area (Å²) < 4.78 is 5.32. The molecule has 0 bridgehead atoms. The number of rotatable bonds is 2. The molecule has 3 aromatic rings. The molecule has 0 radical (unpaired) electrons. The minimum Gasteiger partial charge on any atom is -0.497 e. The maximum Gasteiger partial charge on any atom is 0.255 e. The van der Waals surface area contributed by atoms with Crippen molar-refractivity contribution >= 4 is 23.4 Å². The van der Waals surface area contributed by atoms with Crippen molar-refractivity contribution in [2.24, 2.45) is 0 Å². The van der Waals surface area contributed by atoms with E-state index in [2.05, 4.69) is 40.6 Å². The molecule has 3 aromatic carbocycles. The third-order valence-electron chi connectivity index (χ3n) is 5.15. The second kappa shape index (κ2) is 6.02. The summed E-state index contributed by atoms with van der Waals surface area (Å²) in [7, 11) is 1.61. The van der Waals surface area contributed by atoms with Gasteiger partial charge in [0.05, 0.1) is 24.1 Å². The van der Waals surface area contributed by atoms with E-state index in [1.54, 1.807) is 13.2 Å². The highest BCUT2D eigenvalue weighted by Crippen LogP contribution is 2.44. The highest BCUT2D eigenvalue weighted by Gasteiger charge is 2.37. The first kappa shape index (κ1) is 15.7. The van der Waals surface area contributed by atoms with Gasteiger partial charge in [0, 0.05) is 5.56 Å². The number of methoxy groups -OCH3 is 1. The quantitative estimate of drug-likeness (QED) is 0.739. The summed E-state index contributed by atoms with van der Waals surface area (Å²) in [5.74, 6) is 0.583. The van der Waals surface area contributed by atoms with E-state index in [9.17, 15) is 4.79 Å². The average Bonchev–Trinajstić information content (AvgIpc) is 2.73. The molecule has 0 aliphatic carbocycles. The number of carbonyl (C=O) groups excluding carboxylic acids is 1. The van der Waals surface area contributed by atoms with Crippen molar-refractivity contribution in [3.63, 3.8) is 0 Å². The van der Waals surface area contributed by atoms with Crippen LogP contribution in [0.15, 0.2) is 72.8 Å². The van der Waals surface area contributed by atoms with Crippen LogP contribution in [0.25, 0.3) is 11.8 Å². The summed E-state index contributed by atoms with van der Waals surface area (Å²) in [5.41, 5.74) is 5.88. The van der Waals surface area contributed by atoms with Crippen LogP contribution in [0.2, 0.25) is 0 Å². The molecular formula is C23H18N2O2. The fourth-order valence-electron chi connectivity index (χ4n) is 3.86. The van der Waals surface area contributed by atoms with E-state index in [1.165, 1.54) is 0 Å². The molecule has 0 saturated carbocycles. The minimum absolute atomic E-state index is 0.0886. The first-order chi connectivity index (χ1) is 13.3. The van der Waals surface area contributed by atoms with Crippen LogP contribution in [0.1, 0.15) is 33.2 Å². The number of ether oxygens (including phenoxy) is 1. The molecule has 0 unspecified atom stereocenters. The molecule has 2 aliphatic rings. The Balaban J connectivity index is 1.77. The molecular weight excluding hydrogens is 336 g/mol. The molecule has 1 amide bonds. The Morgan fingerprint density at radius 1 is 0.963 bits per heavy atom. The number of carbonyl (C=O) groups is 1. The fourth-order valence-corrected chi connectivity index (χ4v) is 3.86. The number of hydrogen-bond acceptors (Lipinski definition) is 3. The predicted molar refractivity (Wildman–Crippen MR) is 106 cm³/mol. The van der Waals surface area contributed by atoms with Gasteiger partial charge in [-0.3, -0.25) is 4.79 Å². The number of hydrogen-bond donors (Lipinski definition) is 1. The summed E-state index contributed by atoms with van der Waals surface area (Å²) in [6, 6.07) is 24.1. The highest BCUT2D eigenvalue weighted by atomic mass is 16.5. The van der Waals surface area contributed by atoms with Crippen LogP contribution >= 0.6 is 0 Å². The third kappa shape index (κ3) is 2.41. The van der Waals surface area contributed by atoms with Gasteiger partial charge in [0.25, 0.3) is 5.91 Å². The molecule has 1 atom stereocenters. The lowest BCUT2D eigenvalue weighted by atomic mass is 9.92. The van der Waals surface area contributed by atoms with Gasteiger partial charge < -0.3 is 15.0 Å². The van der Waals surface area contributed by atoms with Crippen LogP contribution in [0.3, 0.4) is 0 Å². The second-order valence-electron chi connectivity index (χ2n) is 6.65. The van der Waals surface area contributed by atoms with E-state index in [-0.39, 0.29) is 12.1 Å². The average molecular weight is 354 g/mol. The smallest absolute Gasteiger partial charge is 0.255 e. The van der Waals surface area contributed by atoms with E-state index in [1.807, 2.05) is 42.5 Å². The number of nitrogens with zero attached hydrogens (tertiary/aromatic N) is 1. The van der Waals surface area contributed by atoms with Crippen LogP contribution in [-0.2, 0) is 0 Å². The molecule has 27 heavy (non-hydrogen) atoms. The van der Waals surface area contributed by atoms with Crippen LogP contribution in [0.4, 0.5) is 5.69 Å². The maximum absolute atomic E-state index is 12.8. The molecule has 2 heterocycles. The first-order valence-corrected chi connectivity index (χ1v) is 8.90. The molecule has 132 valence electrons. The van der Waals surface area contributed by atoms with E-state index >= 15 is 0 Å². The van der Waals surface area contributed by atoms with Crippen LogP contribution in [0, 0.1) is 0 Å². The minimum atomic E-state index is -0.241. The molecule has 2 aliphatic heterocycles. The van der Waals surface area contributed by atoms with E-state index in [0.717, 1.165) is 28.1 Å². The number of anilines is 1. The van der Waals surface area contributed by atoms with Gasteiger partial charge >= 0.3 is 0 Å². The number of fused-ring (bicyclic) bond motifs is 5. The number of amides is 1. The highest BCUT2D eigenvalue weighted by molar-refractivity contribution is 6.07. The predicted octanol–water partition coefficient (Wildman–Crippen LogP) is 4.46. The molecule has 0 spiro atoms. The summed E-state index contributed by atoms with van der Waals surface area (Å²) in [6.07, 6.45) is 1.95. The Kier molecular flexibility index (Phi) is 3.50. The lowest BCUT2D eigenvalue weighted by Crippen LogP contribution is -2.47. The summed E-state index contributed by atoms with van der Waals surface area (Å²) in [6.45, 7) is 0. The Bertz CT molecular complexity index is 1070. The van der Waals surface area contributed by atoms with Gasteiger partial charge in [-0.15, -0.1) is 0 Å². The lowest BCUT2D eigenvalue weighted by Gasteiger charge is -2.43. The fraction of sp³-hybridized carbons (Fsp3) is 0.0870. The molecule has 5 rings (SSSR count). The molecule has 4 nitrogen and oxygen atoms in total. The number of benzene rings is 3. The summed E-state index contributed by atoms with van der Waals surface area (Å²) in [5, 5.41) is 3.17. The second-order valence-corrected chi connectivity index (χ2v) is 6.65.